The predicted molar refractivity (Wildman–Crippen MR) is 133 cm³/mol. The second kappa shape index (κ2) is 13.9. The zero-order chi connectivity index (χ0) is 26.8. The van der Waals surface area contributed by atoms with Crippen LogP contribution in [0.2, 0.25) is 0 Å². The Hall–Kier alpha value is -2.78. The number of hydrogen-bond acceptors (Lipinski definition) is 9. The fourth-order valence-electron chi connectivity index (χ4n) is 3.28. The molecule has 0 radical (unpaired) electrons. The van der Waals surface area contributed by atoms with Crippen molar-refractivity contribution in [2.45, 2.75) is 52.6 Å². The van der Waals surface area contributed by atoms with E-state index in [-0.39, 0.29) is 31.3 Å². The molecule has 1 aromatic heterocycles. The summed E-state index contributed by atoms with van der Waals surface area (Å²) in [6, 6.07) is -1.82. The summed E-state index contributed by atoms with van der Waals surface area (Å²) < 4.78 is 24.6. The van der Waals surface area contributed by atoms with Crippen molar-refractivity contribution in [3.05, 3.63) is 11.6 Å². The summed E-state index contributed by atoms with van der Waals surface area (Å²) in [5.74, 6) is -2.43. The first-order valence-electron chi connectivity index (χ1n) is 11.0. The van der Waals surface area contributed by atoms with Gasteiger partial charge in [-0.2, -0.15) is 0 Å². The molecule has 4 atom stereocenters. The quantitative estimate of drug-likeness (QED) is 0.0742. The topological polar surface area (TPSA) is 196 Å². The van der Waals surface area contributed by atoms with Crippen LogP contribution in [-0.4, -0.2) is 72.7 Å². The van der Waals surface area contributed by atoms with Crippen LogP contribution in [0.15, 0.2) is 16.6 Å². The molecule has 0 saturated carbocycles. The maximum absolute atomic E-state index is 13.2. The first-order valence-corrected chi connectivity index (χ1v) is 13.7. The summed E-state index contributed by atoms with van der Waals surface area (Å²) >= 11 is 1.21. The number of aliphatic imine (C=N–C) groups is 1. The van der Waals surface area contributed by atoms with E-state index in [1.807, 2.05) is 13.8 Å². The molecule has 3 amide bonds. The Morgan fingerprint density at radius 3 is 2.46 bits per heavy atom. The zero-order valence-electron chi connectivity index (χ0n) is 20.5. The Bertz CT molecular complexity index is 969. The SMILES string of the molecule is CC(C)C[C@@H](C(=O)N[C@H](C(=O)Nc1nccs1)[C@H](C)CCN=C(N)NS(C)(=O)=O)[C@H](C)N(O)C=O. The number of aromatic nitrogens is 1. The van der Waals surface area contributed by atoms with Crippen molar-refractivity contribution in [1.29, 1.82) is 0 Å². The highest BCUT2D eigenvalue weighted by molar-refractivity contribution is 7.89. The van der Waals surface area contributed by atoms with E-state index in [1.165, 1.54) is 17.5 Å². The molecule has 1 aromatic rings. The number of nitrogens with two attached hydrogens (primary N) is 1. The Morgan fingerprint density at radius 1 is 1.29 bits per heavy atom. The van der Waals surface area contributed by atoms with E-state index in [9.17, 15) is 28.0 Å². The van der Waals surface area contributed by atoms with Crippen molar-refractivity contribution in [2.24, 2.45) is 28.5 Å². The van der Waals surface area contributed by atoms with Crippen molar-refractivity contribution in [2.75, 3.05) is 18.1 Å². The molecule has 6 N–H and O–H groups in total. The lowest BCUT2D eigenvalue weighted by molar-refractivity contribution is -0.166. The molecule has 0 aliphatic carbocycles. The number of thiazole rings is 1. The van der Waals surface area contributed by atoms with Gasteiger partial charge in [0.15, 0.2) is 5.13 Å². The molecule has 1 rings (SSSR count). The number of carbonyl (C=O) groups is 3. The molecule has 0 aliphatic heterocycles. The van der Waals surface area contributed by atoms with Crippen LogP contribution in [0, 0.1) is 17.8 Å². The number of hydroxylamine groups is 2. The minimum absolute atomic E-state index is 0.0768. The summed E-state index contributed by atoms with van der Waals surface area (Å²) in [7, 11) is -3.57. The van der Waals surface area contributed by atoms with Crippen LogP contribution in [0.1, 0.15) is 40.5 Å². The molecule has 0 bridgehead atoms. The van der Waals surface area contributed by atoms with E-state index < -0.39 is 45.8 Å². The van der Waals surface area contributed by atoms with Crippen LogP contribution >= 0.6 is 11.3 Å². The van der Waals surface area contributed by atoms with Gasteiger partial charge in [0.2, 0.25) is 34.2 Å². The van der Waals surface area contributed by atoms with Crippen LogP contribution in [0.4, 0.5) is 5.13 Å². The van der Waals surface area contributed by atoms with Gasteiger partial charge in [-0.3, -0.25) is 29.3 Å². The van der Waals surface area contributed by atoms with Gasteiger partial charge in [-0.15, -0.1) is 11.3 Å². The zero-order valence-corrected chi connectivity index (χ0v) is 22.1. The maximum Gasteiger partial charge on any atom is 0.249 e. The molecule has 0 unspecified atom stereocenters. The molecule has 0 aliphatic rings. The van der Waals surface area contributed by atoms with Crippen molar-refractivity contribution < 1.29 is 28.0 Å². The number of sulfonamides is 1. The minimum atomic E-state index is -3.57. The van der Waals surface area contributed by atoms with Crippen LogP contribution in [-0.2, 0) is 24.4 Å². The van der Waals surface area contributed by atoms with Gasteiger partial charge in [0, 0.05) is 18.1 Å². The normalized spacial score (nSPS) is 15.6. The van der Waals surface area contributed by atoms with E-state index in [2.05, 4.69) is 25.3 Å². The lowest BCUT2D eigenvalue weighted by atomic mass is 9.89. The molecular weight excluding hydrogens is 498 g/mol. The largest absolute Gasteiger partial charge is 0.369 e. The number of carbonyl (C=O) groups excluding carboxylic acids is 3. The highest BCUT2D eigenvalue weighted by Crippen LogP contribution is 2.21. The number of rotatable bonds is 14. The molecule has 0 spiro atoms. The molecule has 0 aromatic carbocycles. The highest BCUT2D eigenvalue weighted by atomic mass is 32.2. The summed E-state index contributed by atoms with van der Waals surface area (Å²) in [6.45, 7) is 7.16. The predicted octanol–water partition coefficient (Wildman–Crippen LogP) is 0.355. The van der Waals surface area contributed by atoms with Gasteiger partial charge in [-0.05, 0) is 31.6 Å². The van der Waals surface area contributed by atoms with E-state index >= 15 is 0 Å². The van der Waals surface area contributed by atoms with Gasteiger partial charge in [-0.25, -0.2) is 18.5 Å². The summed E-state index contributed by atoms with van der Waals surface area (Å²) in [4.78, 5) is 45.3. The molecule has 198 valence electrons. The fourth-order valence-corrected chi connectivity index (χ4v) is 4.26. The number of nitrogens with zero attached hydrogens (tertiary/aromatic N) is 3. The molecule has 0 fully saturated rings. The van der Waals surface area contributed by atoms with Crippen molar-refractivity contribution in [3.8, 4) is 0 Å². The number of hydrogen-bond donors (Lipinski definition) is 5. The second-order valence-corrected chi connectivity index (χ2v) is 11.3. The van der Waals surface area contributed by atoms with Gasteiger partial charge in [0.25, 0.3) is 0 Å². The van der Waals surface area contributed by atoms with Gasteiger partial charge in [-0.1, -0.05) is 20.8 Å². The van der Waals surface area contributed by atoms with E-state index in [0.29, 0.717) is 16.6 Å². The summed E-state index contributed by atoms with van der Waals surface area (Å²) in [5.41, 5.74) is 5.56. The third kappa shape index (κ3) is 11.0. The molecule has 15 heteroatoms. The number of anilines is 1. The average Bonchev–Trinajstić information content (AvgIpc) is 3.25. The molecule has 1 heterocycles. The Labute approximate surface area is 209 Å². The third-order valence-electron chi connectivity index (χ3n) is 5.14. The van der Waals surface area contributed by atoms with Gasteiger partial charge < -0.3 is 16.4 Å². The van der Waals surface area contributed by atoms with E-state index in [0.717, 1.165) is 6.26 Å². The van der Waals surface area contributed by atoms with Crippen molar-refractivity contribution in [3.63, 3.8) is 0 Å². The molecule has 13 nitrogen and oxygen atoms in total. The molecule has 0 saturated heterocycles. The smallest absolute Gasteiger partial charge is 0.249 e. The third-order valence-corrected chi connectivity index (χ3v) is 6.41. The Morgan fingerprint density at radius 2 is 1.94 bits per heavy atom. The monoisotopic (exact) mass is 533 g/mol. The van der Waals surface area contributed by atoms with Crippen LogP contribution in [0.5, 0.6) is 0 Å². The number of amides is 3. The van der Waals surface area contributed by atoms with Crippen molar-refractivity contribution in [1.82, 2.24) is 20.1 Å². The van der Waals surface area contributed by atoms with Crippen LogP contribution in [0.25, 0.3) is 0 Å². The number of guanidine groups is 1. The minimum Gasteiger partial charge on any atom is -0.369 e. The van der Waals surface area contributed by atoms with E-state index in [4.69, 9.17) is 5.73 Å². The number of nitrogens with one attached hydrogen (secondary N) is 3. The van der Waals surface area contributed by atoms with Gasteiger partial charge >= 0.3 is 0 Å². The fraction of sp³-hybridized carbons (Fsp3) is 0.650. The van der Waals surface area contributed by atoms with Gasteiger partial charge in [0.05, 0.1) is 18.2 Å². The van der Waals surface area contributed by atoms with E-state index in [1.54, 1.807) is 19.2 Å². The Kier molecular flexibility index (Phi) is 12.1. The lowest BCUT2D eigenvalue weighted by Crippen LogP contribution is -2.53. The molecule has 35 heavy (non-hydrogen) atoms. The average molecular weight is 534 g/mol. The first kappa shape index (κ1) is 30.3. The molecular formula is C20H35N7O6S2. The van der Waals surface area contributed by atoms with Crippen LogP contribution in [0.3, 0.4) is 0 Å². The maximum atomic E-state index is 13.2. The standard InChI is InChI=1S/C20H35N7O6S2/c1-12(2)10-15(14(4)27(31)11-28)17(29)24-16(18(30)25-20-23-8-9-34-20)13(3)6-7-22-19(21)26-35(5,32)33/h8-9,11-16,31H,6-7,10H2,1-5H3,(H,24,29)(H3,21,22,26)(H,23,25,30)/t13-,14+,15-,16+/m1/s1. The second-order valence-electron chi connectivity index (χ2n) is 8.68. The van der Waals surface area contributed by atoms with Crippen LogP contribution < -0.4 is 21.1 Å². The summed E-state index contributed by atoms with van der Waals surface area (Å²) in [5, 5.41) is 17.8. The highest BCUT2D eigenvalue weighted by Gasteiger charge is 2.34. The first-order chi connectivity index (χ1) is 16.2. The van der Waals surface area contributed by atoms with Crippen molar-refractivity contribution >= 4 is 50.7 Å². The van der Waals surface area contributed by atoms with Gasteiger partial charge in [0.1, 0.15) is 6.04 Å². The lowest BCUT2D eigenvalue weighted by Gasteiger charge is -2.31. The Balaban J connectivity index is 3.07. The summed E-state index contributed by atoms with van der Waals surface area (Å²) in [6.07, 6.45) is 3.35.